The maximum atomic E-state index is 12.6. The first kappa shape index (κ1) is 18.6. The fourth-order valence-electron chi connectivity index (χ4n) is 2.79. The summed E-state index contributed by atoms with van der Waals surface area (Å²) in [6.45, 7) is 5.38. The van der Waals surface area contributed by atoms with Crippen LogP contribution in [0.3, 0.4) is 0 Å². The molecule has 0 aromatic heterocycles. The summed E-state index contributed by atoms with van der Waals surface area (Å²) in [6.07, 6.45) is 0.962. The van der Waals surface area contributed by atoms with Gasteiger partial charge in [-0.05, 0) is 38.3 Å². The third kappa shape index (κ3) is 3.65. The number of hydrogen-bond acceptors (Lipinski definition) is 4. The minimum atomic E-state index is 0. The summed E-state index contributed by atoms with van der Waals surface area (Å²) in [4.78, 5) is 14.5. The molecular weight excluding hydrogens is 304 g/mol. The van der Waals surface area contributed by atoms with E-state index in [1.165, 1.54) is 0 Å². The molecule has 2 rings (SSSR count). The molecule has 1 heterocycles. The molecule has 0 bridgehead atoms. The van der Waals surface area contributed by atoms with Crippen molar-refractivity contribution in [3.8, 4) is 11.5 Å². The average molecular weight is 329 g/mol. The second-order valence-electron chi connectivity index (χ2n) is 5.66. The van der Waals surface area contributed by atoms with Crippen LogP contribution in [-0.2, 0) is 0 Å². The molecule has 2 N–H and O–H groups in total. The molecule has 1 saturated heterocycles. The molecule has 1 aromatic rings. The van der Waals surface area contributed by atoms with Crippen LogP contribution < -0.4 is 15.2 Å². The van der Waals surface area contributed by atoms with E-state index in [0.717, 1.165) is 25.1 Å². The highest BCUT2D eigenvalue weighted by Crippen LogP contribution is 2.31. The molecule has 1 fully saturated rings. The third-order valence-corrected chi connectivity index (χ3v) is 4.25. The number of hydrogen-bond donors (Lipinski definition) is 1. The van der Waals surface area contributed by atoms with Crippen molar-refractivity contribution in [1.82, 2.24) is 4.90 Å². The van der Waals surface area contributed by atoms with Gasteiger partial charge in [-0.15, -0.1) is 12.4 Å². The number of halogens is 1. The quantitative estimate of drug-likeness (QED) is 0.920. The number of carbonyl (C=O) groups excluding carboxylic acids is 1. The van der Waals surface area contributed by atoms with E-state index in [-0.39, 0.29) is 24.4 Å². The Hall–Kier alpha value is -1.46. The monoisotopic (exact) mass is 328 g/mol. The lowest BCUT2D eigenvalue weighted by Crippen LogP contribution is -2.33. The van der Waals surface area contributed by atoms with Crippen LogP contribution in [0, 0.1) is 12.8 Å². The molecule has 0 spiro atoms. The summed E-state index contributed by atoms with van der Waals surface area (Å²) in [5.74, 6) is 1.72. The first-order chi connectivity index (χ1) is 9.97. The van der Waals surface area contributed by atoms with Gasteiger partial charge in [0.15, 0.2) is 0 Å². The van der Waals surface area contributed by atoms with Crippen molar-refractivity contribution in [1.29, 1.82) is 0 Å². The first-order valence-corrected chi connectivity index (χ1v) is 7.25. The van der Waals surface area contributed by atoms with Gasteiger partial charge in [-0.1, -0.05) is 0 Å². The number of ether oxygens (including phenoxy) is 2. The van der Waals surface area contributed by atoms with Crippen molar-refractivity contribution >= 4 is 18.3 Å². The fraction of sp³-hybridized carbons (Fsp3) is 0.562. The summed E-state index contributed by atoms with van der Waals surface area (Å²) in [5, 5.41) is 0. The van der Waals surface area contributed by atoms with E-state index in [1.54, 1.807) is 26.4 Å². The van der Waals surface area contributed by atoms with Crippen LogP contribution in [0.15, 0.2) is 12.1 Å². The highest BCUT2D eigenvalue weighted by molar-refractivity contribution is 5.95. The highest BCUT2D eigenvalue weighted by Gasteiger charge is 2.29. The van der Waals surface area contributed by atoms with Gasteiger partial charge in [-0.2, -0.15) is 0 Å². The van der Waals surface area contributed by atoms with Crippen LogP contribution in [0.4, 0.5) is 0 Å². The Balaban J connectivity index is 0.00000242. The second-order valence-corrected chi connectivity index (χ2v) is 5.66. The number of amides is 1. The summed E-state index contributed by atoms with van der Waals surface area (Å²) in [7, 11) is 3.19. The molecule has 124 valence electrons. The lowest BCUT2D eigenvalue weighted by atomic mass is 10.0. The summed E-state index contributed by atoms with van der Waals surface area (Å²) < 4.78 is 10.7. The minimum absolute atomic E-state index is 0. The van der Waals surface area contributed by atoms with Crippen molar-refractivity contribution in [2.45, 2.75) is 26.3 Å². The van der Waals surface area contributed by atoms with Gasteiger partial charge in [0.25, 0.3) is 5.91 Å². The molecule has 1 aliphatic rings. The predicted octanol–water partition coefficient (Wildman–Crippen LogP) is 2.24. The molecule has 1 amide bonds. The maximum absolute atomic E-state index is 12.6. The van der Waals surface area contributed by atoms with E-state index >= 15 is 0 Å². The number of benzene rings is 1. The van der Waals surface area contributed by atoms with Crippen LogP contribution in [0.25, 0.3) is 0 Å². The molecule has 0 aliphatic carbocycles. The number of nitrogens with zero attached hydrogens (tertiary/aromatic N) is 1. The summed E-state index contributed by atoms with van der Waals surface area (Å²) in [6, 6.07) is 3.67. The average Bonchev–Trinajstić information content (AvgIpc) is 2.96. The Labute approximate surface area is 138 Å². The predicted molar refractivity (Wildman–Crippen MR) is 89.2 cm³/mol. The zero-order chi connectivity index (χ0) is 15.6. The Kier molecular flexibility index (Phi) is 6.50. The molecule has 0 saturated carbocycles. The Morgan fingerprint density at radius 2 is 1.86 bits per heavy atom. The van der Waals surface area contributed by atoms with E-state index in [2.05, 4.69) is 0 Å². The zero-order valence-corrected chi connectivity index (χ0v) is 14.4. The van der Waals surface area contributed by atoms with Crippen molar-refractivity contribution in [2.75, 3.05) is 27.3 Å². The van der Waals surface area contributed by atoms with Gasteiger partial charge in [-0.3, -0.25) is 4.79 Å². The Morgan fingerprint density at radius 3 is 2.27 bits per heavy atom. The third-order valence-electron chi connectivity index (χ3n) is 4.25. The molecule has 1 aromatic carbocycles. The number of likely N-dealkylation sites (tertiary alicyclic amines) is 1. The molecule has 6 heteroatoms. The van der Waals surface area contributed by atoms with Gasteiger partial charge in [0.1, 0.15) is 11.5 Å². The fourth-order valence-corrected chi connectivity index (χ4v) is 2.79. The SMILES string of the molecule is COc1cc(C(=O)N2CCC(C(C)N)C2)cc(OC)c1C.Cl. The number of nitrogens with two attached hydrogens (primary N) is 1. The van der Waals surface area contributed by atoms with Crippen molar-refractivity contribution in [3.63, 3.8) is 0 Å². The van der Waals surface area contributed by atoms with Crippen LogP contribution in [-0.4, -0.2) is 44.2 Å². The molecule has 22 heavy (non-hydrogen) atoms. The molecule has 1 aliphatic heterocycles. The van der Waals surface area contributed by atoms with Gasteiger partial charge >= 0.3 is 0 Å². The van der Waals surface area contributed by atoms with Crippen LogP contribution in [0.2, 0.25) is 0 Å². The standard InChI is InChI=1S/C16H24N2O3.ClH/c1-10-14(20-3)7-13(8-15(10)21-4)16(19)18-6-5-12(9-18)11(2)17;/h7-8,11-12H,5-6,9,17H2,1-4H3;1H. The molecule has 5 nitrogen and oxygen atoms in total. The minimum Gasteiger partial charge on any atom is -0.496 e. The smallest absolute Gasteiger partial charge is 0.254 e. The van der Waals surface area contributed by atoms with E-state index in [0.29, 0.717) is 23.0 Å². The van der Waals surface area contributed by atoms with E-state index in [4.69, 9.17) is 15.2 Å². The van der Waals surface area contributed by atoms with Gasteiger partial charge in [0.05, 0.1) is 14.2 Å². The van der Waals surface area contributed by atoms with E-state index in [9.17, 15) is 4.79 Å². The zero-order valence-electron chi connectivity index (χ0n) is 13.6. The topological polar surface area (TPSA) is 64.8 Å². The van der Waals surface area contributed by atoms with Gasteiger partial charge in [-0.25, -0.2) is 0 Å². The van der Waals surface area contributed by atoms with Gasteiger partial charge in [0, 0.05) is 30.3 Å². The second kappa shape index (κ2) is 7.70. The van der Waals surface area contributed by atoms with E-state index in [1.807, 2.05) is 18.7 Å². The van der Waals surface area contributed by atoms with Crippen molar-refractivity contribution < 1.29 is 14.3 Å². The van der Waals surface area contributed by atoms with Crippen LogP contribution >= 0.6 is 12.4 Å². The lowest BCUT2D eigenvalue weighted by molar-refractivity contribution is 0.0785. The van der Waals surface area contributed by atoms with Crippen molar-refractivity contribution in [3.05, 3.63) is 23.3 Å². The Bertz CT molecular complexity index is 509. The molecular formula is C16H25ClN2O3. The van der Waals surface area contributed by atoms with Crippen LogP contribution in [0.5, 0.6) is 11.5 Å². The number of carbonyl (C=O) groups is 1. The molecule has 2 unspecified atom stereocenters. The Morgan fingerprint density at radius 1 is 1.32 bits per heavy atom. The highest BCUT2D eigenvalue weighted by atomic mass is 35.5. The summed E-state index contributed by atoms with van der Waals surface area (Å²) >= 11 is 0. The molecule has 0 radical (unpaired) electrons. The lowest BCUT2D eigenvalue weighted by Gasteiger charge is -2.19. The van der Waals surface area contributed by atoms with Crippen LogP contribution in [0.1, 0.15) is 29.3 Å². The largest absolute Gasteiger partial charge is 0.496 e. The van der Waals surface area contributed by atoms with Crippen molar-refractivity contribution in [2.24, 2.45) is 11.7 Å². The molecule has 2 atom stereocenters. The normalized spacial score (nSPS) is 18.6. The maximum Gasteiger partial charge on any atom is 0.254 e. The van der Waals surface area contributed by atoms with E-state index < -0.39 is 0 Å². The first-order valence-electron chi connectivity index (χ1n) is 7.25. The summed E-state index contributed by atoms with van der Waals surface area (Å²) in [5.41, 5.74) is 7.42. The van der Waals surface area contributed by atoms with Gasteiger partial charge in [0.2, 0.25) is 0 Å². The van der Waals surface area contributed by atoms with Gasteiger partial charge < -0.3 is 20.1 Å². The number of methoxy groups -OCH3 is 2. The number of rotatable bonds is 4.